The summed E-state index contributed by atoms with van der Waals surface area (Å²) in [6.07, 6.45) is -1.57. The Balaban J connectivity index is 1.63. The Bertz CT molecular complexity index is 822. The van der Waals surface area contributed by atoms with E-state index in [0.29, 0.717) is 0 Å². The molecule has 2 aromatic rings. The van der Waals surface area contributed by atoms with E-state index in [4.69, 9.17) is 0 Å². The molecule has 2 aliphatic rings. The van der Waals surface area contributed by atoms with E-state index in [9.17, 15) is 22.7 Å². The van der Waals surface area contributed by atoms with Gasteiger partial charge in [0.25, 0.3) is 0 Å². The zero-order chi connectivity index (χ0) is 19.9. The summed E-state index contributed by atoms with van der Waals surface area (Å²) in [6, 6.07) is 13.2. The third-order valence-electron chi connectivity index (χ3n) is 6.17. The number of halogens is 4. The number of benzene rings is 2. The maximum Gasteiger partial charge on any atom is 0.419 e. The molecule has 6 heteroatoms. The fourth-order valence-electron chi connectivity index (χ4n) is 4.90. The zero-order valence-corrected chi connectivity index (χ0v) is 15.4. The zero-order valence-electron chi connectivity index (χ0n) is 15.4. The molecule has 2 atom stereocenters. The predicted molar refractivity (Wildman–Crippen MR) is 97.9 cm³/mol. The average Bonchev–Trinajstić information content (AvgIpc) is 2.63. The number of piperidine rings is 2. The smallest absolute Gasteiger partial charge is 0.385 e. The quantitative estimate of drug-likeness (QED) is 0.720. The molecule has 2 heterocycles. The van der Waals surface area contributed by atoms with Crippen LogP contribution < -0.4 is 0 Å². The lowest BCUT2D eigenvalue weighted by Gasteiger charge is -2.52. The molecule has 2 nitrogen and oxygen atoms in total. The van der Waals surface area contributed by atoms with Gasteiger partial charge < -0.3 is 5.11 Å². The van der Waals surface area contributed by atoms with Crippen LogP contribution in [0.3, 0.4) is 0 Å². The number of aliphatic hydroxyl groups is 1. The minimum absolute atomic E-state index is 0.0200. The van der Waals surface area contributed by atoms with E-state index >= 15 is 0 Å². The summed E-state index contributed by atoms with van der Waals surface area (Å²) in [7, 11) is 0. The van der Waals surface area contributed by atoms with Crippen LogP contribution in [0.1, 0.15) is 48.8 Å². The van der Waals surface area contributed by atoms with Crippen LogP contribution in [0.5, 0.6) is 0 Å². The summed E-state index contributed by atoms with van der Waals surface area (Å²) in [5, 5.41) is 11.3. The Hall–Kier alpha value is -1.92. The molecule has 2 fully saturated rings. The van der Waals surface area contributed by atoms with E-state index in [1.807, 2.05) is 30.3 Å². The van der Waals surface area contributed by atoms with E-state index in [0.717, 1.165) is 37.4 Å². The Morgan fingerprint density at radius 1 is 0.964 bits per heavy atom. The minimum Gasteiger partial charge on any atom is -0.385 e. The first-order chi connectivity index (χ1) is 13.3. The highest BCUT2D eigenvalue weighted by Gasteiger charge is 2.48. The van der Waals surface area contributed by atoms with Crippen LogP contribution in [-0.4, -0.2) is 22.1 Å². The molecular formula is C22H23F4NO. The van der Waals surface area contributed by atoms with Gasteiger partial charge in [0.05, 0.1) is 11.2 Å². The van der Waals surface area contributed by atoms with Crippen molar-refractivity contribution in [3.8, 4) is 0 Å². The summed E-state index contributed by atoms with van der Waals surface area (Å²) in [5.41, 5.74) is -1.95. The first kappa shape index (κ1) is 19.4. The number of hydrogen-bond acceptors (Lipinski definition) is 2. The highest BCUT2D eigenvalue weighted by molar-refractivity contribution is 5.33. The van der Waals surface area contributed by atoms with E-state index in [2.05, 4.69) is 4.90 Å². The van der Waals surface area contributed by atoms with Crippen molar-refractivity contribution in [3.05, 3.63) is 71.0 Å². The van der Waals surface area contributed by atoms with Gasteiger partial charge in [0.1, 0.15) is 5.82 Å². The molecule has 2 bridgehead atoms. The lowest BCUT2D eigenvalue weighted by Crippen LogP contribution is -2.56. The molecule has 0 aliphatic carbocycles. The van der Waals surface area contributed by atoms with Crippen molar-refractivity contribution in [1.29, 1.82) is 0 Å². The van der Waals surface area contributed by atoms with Crippen LogP contribution in [0, 0.1) is 5.82 Å². The molecule has 2 aliphatic heterocycles. The number of alkyl halides is 3. The van der Waals surface area contributed by atoms with E-state index in [-0.39, 0.29) is 30.5 Å². The van der Waals surface area contributed by atoms with Gasteiger partial charge in [0, 0.05) is 24.2 Å². The van der Waals surface area contributed by atoms with Crippen molar-refractivity contribution in [3.63, 3.8) is 0 Å². The Labute approximate surface area is 161 Å². The van der Waals surface area contributed by atoms with Crippen molar-refractivity contribution in [2.45, 2.75) is 62.5 Å². The standard InChI is InChI=1S/C22H23F4NO/c23-20-18(10-5-11-19(20)22(24,25)26)21(28)12-16-8-4-9-17(13-21)27(16)14-15-6-2-1-3-7-15/h1-3,5-7,10-11,16-17,28H,4,8-9,12-14H2. The van der Waals surface area contributed by atoms with Gasteiger partial charge in [-0.05, 0) is 37.3 Å². The monoisotopic (exact) mass is 393 g/mol. The third kappa shape index (κ3) is 3.55. The topological polar surface area (TPSA) is 23.5 Å². The number of nitrogens with zero attached hydrogens (tertiary/aromatic N) is 1. The summed E-state index contributed by atoms with van der Waals surface area (Å²) < 4.78 is 54.1. The average molecular weight is 393 g/mol. The minimum atomic E-state index is -4.78. The summed E-state index contributed by atoms with van der Waals surface area (Å²) in [5.74, 6) is -1.34. The Kier molecular flexibility index (Phi) is 4.96. The summed E-state index contributed by atoms with van der Waals surface area (Å²) >= 11 is 0. The van der Waals surface area contributed by atoms with Crippen molar-refractivity contribution in [1.82, 2.24) is 4.90 Å². The second-order valence-electron chi connectivity index (χ2n) is 8.00. The summed E-state index contributed by atoms with van der Waals surface area (Å²) in [4.78, 5) is 2.33. The molecule has 28 heavy (non-hydrogen) atoms. The van der Waals surface area contributed by atoms with E-state index in [1.54, 1.807) is 0 Å². The van der Waals surface area contributed by atoms with E-state index < -0.39 is 23.2 Å². The molecule has 2 saturated heterocycles. The van der Waals surface area contributed by atoms with Gasteiger partial charge in [0.15, 0.2) is 0 Å². The fourth-order valence-corrected chi connectivity index (χ4v) is 4.90. The van der Waals surface area contributed by atoms with Crippen LogP contribution in [-0.2, 0) is 18.3 Å². The van der Waals surface area contributed by atoms with Gasteiger partial charge in [-0.3, -0.25) is 4.90 Å². The molecular weight excluding hydrogens is 370 g/mol. The third-order valence-corrected chi connectivity index (χ3v) is 6.17. The van der Waals surface area contributed by atoms with Gasteiger partial charge in [-0.2, -0.15) is 13.2 Å². The van der Waals surface area contributed by atoms with Crippen molar-refractivity contribution < 1.29 is 22.7 Å². The normalized spacial score (nSPS) is 28.3. The van der Waals surface area contributed by atoms with Crippen molar-refractivity contribution >= 4 is 0 Å². The highest BCUT2D eigenvalue weighted by atomic mass is 19.4. The fraction of sp³-hybridized carbons (Fsp3) is 0.455. The van der Waals surface area contributed by atoms with E-state index in [1.165, 1.54) is 12.1 Å². The second-order valence-corrected chi connectivity index (χ2v) is 8.00. The molecule has 0 amide bonds. The van der Waals surface area contributed by atoms with Crippen LogP contribution in [0.25, 0.3) is 0 Å². The number of rotatable bonds is 3. The largest absolute Gasteiger partial charge is 0.419 e. The van der Waals surface area contributed by atoms with Crippen molar-refractivity contribution in [2.75, 3.05) is 0 Å². The van der Waals surface area contributed by atoms with Crippen LogP contribution in [0.15, 0.2) is 48.5 Å². The van der Waals surface area contributed by atoms with Gasteiger partial charge >= 0.3 is 6.18 Å². The molecule has 1 N–H and O–H groups in total. The van der Waals surface area contributed by atoms with Gasteiger partial charge in [0.2, 0.25) is 0 Å². The molecule has 4 rings (SSSR count). The van der Waals surface area contributed by atoms with Crippen LogP contribution in [0.4, 0.5) is 17.6 Å². The summed E-state index contributed by atoms with van der Waals surface area (Å²) in [6.45, 7) is 0.733. The van der Waals surface area contributed by atoms with Crippen LogP contribution >= 0.6 is 0 Å². The number of hydrogen-bond donors (Lipinski definition) is 1. The Morgan fingerprint density at radius 3 is 2.21 bits per heavy atom. The van der Waals surface area contributed by atoms with Crippen molar-refractivity contribution in [2.24, 2.45) is 0 Å². The van der Waals surface area contributed by atoms with Gasteiger partial charge in [-0.1, -0.05) is 48.9 Å². The van der Waals surface area contributed by atoms with Gasteiger partial charge in [-0.15, -0.1) is 0 Å². The van der Waals surface area contributed by atoms with Crippen LogP contribution in [0.2, 0.25) is 0 Å². The molecule has 0 radical (unpaired) electrons. The predicted octanol–water partition coefficient (Wildman–Crippen LogP) is 5.25. The maximum atomic E-state index is 14.7. The second kappa shape index (κ2) is 7.16. The molecule has 0 saturated carbocycles. The SMILES string of the molecule is OC1(c2cccc(C(F)(F)F)c2F)CC2CCCC(C1)N2Cc1ccccc1. The Morgan fingerprint density at radius 2 is 1.61 bits per heavy atom. The lowest BCUT2D eigenvalue weighted by atomic mass is 9.72. The first-order valence-corrected chi connectivity index (χ1v) is 9.66. The first-order valence-electron chi connectivity index (χ1n) is 9.66. The number of fused-ring (bicyclic) bond motifs is 2. The molecule has 0 aromatic heterocycles. The lowest BCUT2D eigenvalue weighted by molar-refractivity contribution is -0.141. The molecule has 2 aromatic carbocycles. The maximum absolute atomic E-state index is 14.7. The molecule has 150 valence electrons. The van der Waals surface area contributed by atoms with Gasteiger partial charge in [-0.25, -0.2) is 4.39 Å². The molecule has 0 spiro atoms. The molecule has 2 unspecified atom stereocenters. The highest BCUT2D eigenvalue weighted by Crippen LogP contribution is 2.46.